The molecule has 1 heterocycles. The lowest BCUT2D eigenvalue weighted by Crippen LogP contribution is -2.37. The number of nitrogens with zero attached hydrogens (tertiary/aromatic N) is 2. The monoisotopic (exact) mass is 399 g/mol. The van der Waals surface area contributed by atoms with Crippen LogP contribution in [0.3, 0.4) is 0 Å². The fourth-order valence-electron chi connectivity index (χ4n) is 3.87. The second-order valence-electron chi connectivity index (χ2n) is 7.15. The number of rotatable bonds is 3. The maximum atomic E-state index is 13.0. The minimum atomic E-state index is -3.83. The second-order valence-corrected chi connectivity index (χ2v) is 8.86. The molecule has 8 heteroatoms. The first-order valence-corrected chi connectivity index (χ1v) is 10.6. The second kappa shape index (κ2) is 6.72. The van der Waals surface area contributed by atoms with E-state index in [4.69, 9.17) is 0 Å². The Labute approximate surface area is 162 Å². The van der Waals surface area contributed by atoms with Gasteiger partial charge in [-0.25, -0.2) is 17.9 Å². The highest BCUT2D eigenvalue weighted by Crippen LogP contribution is 2.31. The Morgan fingerprint density at radius 2 is 1.79 bits per heavy atom. The van der Waals surface area contributed by atoms with Gasteiger partial charge < -0.3 is 0 Å². The third-order valence-corrected chi connectivity index (χ3v) is 6.88. The molecule has 1 N–H and O–H groups in total. The minimum Gasteiger partial charge on any atom is -0.296 e. The highest BCUT2D eigenvalue weighted by molar-refractivity contribution is 7.89. The van der Waals surface area contributed by atoms with E-state index >= 15 is 0 Å². The van der Waals surface area contributed by atoms with Gasteiger partial charge in [-0.05, 0) is 48.6 Å². The standard InChI is InChI=1S/C20H21N3O4S/c1-22-18-11-10-14(12-16(18)19(24)23(2)20(22)25)28(26,27)21-17-9-5-7-13-6-3-4-8-15(13)17/h3-4,6,8,10-12,17,21H,5,7,9H2,1-2H3. The summed E-state index contributed by atoms with van der Waals surface area (Å²) in [5.41, 5.74) is 1.58. The molecule has 1 atom stereocenters. The molecule has 146 valence electrons. The van der Waals surface area contributed by atoms with Crippen LogP contribution >= 0.6 is 0 Å². The molecular formula is C20H21N3O4S. The lowest BCUT2D eigenvalue weighted by Gasteiger charge is -2.26. The van der Waals surface area contributed by atoms with Crippen molar-refractivity contribution >= 4 is 20.9 Å². The molecule has 1 aliphatic carbocycles. The molecule has 1 aromatic heterocycles. The van der Waals surface area contributed by atoms with Gasteiger partial charge in [0.1, 0.15) is 0 Å². The van der Waals surface area contributed by atoms with Crippen LogP contribution in [0.15, 0.2) is 56.9 Å². The van der Waals surface area contributed by atoms with E-state index in [2.05, 4.69) is 4.72 Å². The Morgan fingerprint density at radius 3 is 2.57 bits per heavy atom. The highest BCUT2D eigenvalue weighted by Gasteiger charge is 2.26. The summed E-state index contributed by atoms with van der Waals surface area (Å²) in [6, 6.07) is 11.8. The molecule has 0 aliphatic heterocycles. The molecule has 0 radical (unpaired) electrons. The average molecular weight is 399 g/mol. The Kier molecular flexibility index (Phi) is 4.47. The van der Waals surface area contributed by atoms with Crippen LogP contribution in [-0.2, 0) is 30.5 Å². The Morgan fingerprint density at radius 1 is 1.04 bits per heavy atom. The molecule has 0 amide bonds. The van der Waals surface area contributed by atoms with E-state index in [1.54, 1.807) is 7.05 Å². The zero-order valence-electron chi connectivity index (χ0n) is 15.7. The van der Waals surface area contributed by atoms with Crippen LogP contribution in [0.4, 0.5) is 0 Å². The van der Waals surface area contributed by atoms with Gasteiger partial charge >= 0.3 is 5.69 Å². The van der Waals surface area contributed by atoms with E-state index in [0.717, 1.165) is 35.0 Å². The van der Waals surface area contributed by atoms with Gasteiger partial charge in [0.05, 0.1) is 15.8 Å². The van der Waals surface area contributed by atoms with Crippen LogP contribution in [0.5, 0.6) is 0 Å². The van der Waals surface area contributed by atoms with Crippen molar-refractivity contribution in [2.45, 2.75) is 30.2 Å². The number of benzene rings is 2. The van der Waals surface area contributed by atoms with Crippen LogP contribution in [0.2, 0.25) is 0 Å². The molecule has 28 heavy (non-hydrogen) atoms. The summed E-state index contributed by atoms with van der Waals surface area (Å²) in [5, 5.41) is 0.191. The van der Waals surface area contributed by atoms with Crippen molar-refractivity contribution in [2.75, 3.05) is 0 Å². The quantitative estimate of drug-likeness (QED) is 0.724. The van der Waals surface area contributed by atoms with Crippen LogP contribution in [-0.4, -0.2) is 17.6 Å². The number of fused-ring (bicyclic) bond motifs is 2. The van der Waals surface area contributed by atoms with E-state index in [9.17, 15) is 18.0 Å². The molecule has 4 rings (SSSR count). The summed E-state index contributed by atoms with van der Waals surface area (Å²) in [6.45, 7) is 0. The van der Waals surface area contributed by atoms with E-state index in [0.29, 0.717) is 5.52 Å². The Bertz CT molecular complexity index is 1310. The van der Waals surface area contributed by atoms with Gasteiger partial charge in [0.2, 0.25) is 10.0 Å². The molecule has 0 fully saturated rings. The van der Waals surface area contributed by atoms with Crippen molar-refractivity contribution in [3.63, 3.8) is 0 Å². The fourth-order valence-corrected chi connectivity index (χ4v) is 5.15. The Hall–Kier alpha value is -2.71. The Balaban J connectivity index is 1.78. The first kappa shape index (κ1) is 18.6. The zero-order chi connectivity index (χ0) is 20.1. The SMILES string of the molecule is Cn1c(=O)c2cc(S(=O)(=O)NC3CCCc4ccccc43)ccc2n(C)c1=O. The van der Waals surface area contributed by atoms with Gasteiger partial charge in [0.25, 0.3) is 5.56 Å². The van der Waals surface area contributed by atoms with Gasteiger partial charge in [0.15, 0.2) is 0 Å². The van der Waals surface area contributed by atoms with Crippen molar-refractivity contribution in [2.24, 2.45) is 14.1 Å². The van der Waals surface area contributed by atoms with Gasteiger partial charge in [-0.2, -0.15) is 0 Å². The molecule has 2 aromatic carbocycles. The third-order valence-electron chi connectivity index (χ3n) is 5.42. The van der Waals surface area contributed by atoms with E-state index in [-0.39, 0.29) is 16.3 Å². The third kappa shape index (κ3) is 2.98. The van der Waals surface area contributed by atoms with Crippen LogP contribution < -0.4 is 16.0 Å². The van der Waals surface area contributed by atoms with Crippen LogP contribution in [0.1, 0.15) is 30.0 Å². The number of sulfonamides is 1. The number of nitrogens with one attached hydrogen (secondary N) is 1. The predicted octanol–water partition coefficient (Wildman–Crippen LogP) is 1.59. The molecule has 1 aliphatic rings. The van der Waals surface area contributed by atoms with E-state index in [1.807, 2.05) is 24.3 Å². The van der Waals surface area contributed by atoms with Gasteiger partial charge in [-0.15, -0.1) is 0 Å². The molecule has 3 aromatic rings. The topological polar surface area (TPSA) is 90.2 Å². The summed E-state index contributed by atoms with van der Waals surface area (Å²) in [7, 11) is -0.904. The summed E-state index contributed by atoms with van der Waals surface area (Å²) in [6.07, 6.45) is 2.57. The van der Waals surface area contributed by atoms with Crippen LogP contribution in [0.25, 0.3) is 10.9 Å². The first-order chi connectivity index (χ1) is 13.3. The summed E-state index contributed by atoms with van der Waals surface area (Å²) in [5.74, 6) is 0. The van der Waals surface area contributed by atoms with Gasteiger partial charge in [0, 0.05) is 20.1 Å². The molecule has 0 saturated heterocycles. The van der Waals surface area contributed by atoms with Crippen molar-refractivity contribution in [3.05, 3.63) is 74.4 Å². The van der Waals surface area contributed by atoms with Crippen molar-refractivity contribution < 1.29 is 8.42 Å². The zero-order valence-corrected chi connectivity index (χ0v) is 16.5. The molecular weight excluding hydrogens is 378 g/mol. The predicted molar refractivity (Wildman–Crippen MR) is 107 cm³/mol. The van der Waals surface area contributed by atoms with Crippen molar-refractivity contribution in [1.29, 1.82) is 0 Å². The van der Waals surface area contributed by atoms with Gasteiger partial charge in [-0.3, -0.25) is 13.9 Å². The average Bonchev–Trinajstić information content (AvgIpc) is 2.70. The number of hydrogen-bond donors (Lipinski definition) is 1. The largest absolute Gasteiger partial charge is 0.330 e. The van der Waals surface area contributed by atoms with E-state index in [1.165, 1.54) is 29.8 Å². The number of aryl methyl sites for hydroxylation is 2. The first-order valence-electron chi connectivity index (χ1n) is 9.09. The van der Waals surface area contributed by atoms with Gasteiger partial charge in [-0.1, -0.05) is 24.3 Å². The summed E-state index contributed by atoms with van der Waals surface area (Å²) < 4.78 is 31.1. The maximum Gasteiger partial charge on any atom is 0.330 e. The lowest BCUT2D eigenvalue weighted by molar-refractivity contribution is 0.507. The lowest BCUT2D eigenvalue weighted by atomic mass is 9.88. The highest BCUT2D eigenvalue weighted by atomic mass is 32.2. The number of aromatic nitrogens is 2. The molecule has 7 nitrogen and oxygen atoms in total. The van der Waals surface area contributed by atoms with Crippen LogP contribution in [0, 0.1) is 0 Å². The minimum absolute atomic E-state index is 0.0128. The number of hydrogen-bond acceptors (Lipinski definition) is 4. The molecule has 1 unspecified atom stereocenters. The van der Waals surface area contributed by atoms with E-state index < -0.39 is 21.3 Å². The fraction of sp³-hybridized carbons (Fsp3) is 0.300. The molecule has 0 spiro atoms. The summed E-state index contributed by atoms with van der Waals surface area (Å²) in [4.78, 5) is 24.5. The summed E-state index contributed by atoms with van der Waals surface area (Å²) >= 11 is 0. The molecule has 0 saturated carbocycles. The maximum absolute atomic E-state index is 13.0. The van der Waals surface area contributed by atoms with Crippen molar-refractivity contribution in [1.82, 2.24) is 13.9 Å². The molecule has 0 bridgehead atoms. The normalized spacial score (nSPS) is 16.9. The smallest absolute Gasteiger partial charge is 0.296 e. The van der Waals surface area contributed by atoms with Crippen molar-refractivity contribution in [3.8, 4) is 0 Å².